The van der Waals surface area contributed by atoms with Crippen molar-refractivity contribution < 1.29 is 22.7 Å². The van der Waals surface area contributed by atoms with Crippen molar-refractivity contribution >= 4 is 15.7 Å². The van der Waals surface area contributed by atoms with Gasteiger partial charge in [-0.05, 0) is 61.2 Å². The monoisotopic (exact) mass is 441 g/mol. The van der Waals surface area contributed by atoms with Gasteiger partial charge >= 0.3 is 0 Å². The summed E-state index contributed by atoms with van der Waals surface area (Å²) >= 11 is 0. The molecular weight excluding hydrogens is 414 g/mol. The third-order valence-corrected chi connectivity index (χ3v) is 8.12. The molecule has 5 rings (SSSR count). The minimum Gasteiger partial charge on any atom is -0.486 e. The van der Waals surface area contributed by atoms with Crippen LogP contribution in [0.15, 0.2) is 41.3 Å². The number of carbonyl (C=O) groups is 1. The third kappa shape index (κ3) is 3.39. The lowest BCUT2D eigenvalue weighted by Crippen LogP contribution is -2.48. The fourth-order valence-corrected chi connectivity index (χ4v) is 6.04. The Morgan fingerprint density at radius 3 is 2.42 bits per heavy atom. The number of hydrogen-bond donors (Lipinski definition) is 0. The summed E-state index contributed by atoms with van der Waals surface area (Å²) in [5.41, 5.74) is 2.69. The van der Waals surface area contributed by atoms with Gasteiger partial charge in [0, 0.05) is 23.8 Å². The maximum absolute atomic E-state index is 13.6. The molecule has 0 aromatic heterocycles. The first-order chi connectivity index (χ1) is 14.8. The van der Waals surface area contributed by atoms with Gasteiger partial charge in [-0.1, -0.05) is 18.9 Å². The highest BCUT2D eigenvalue weighted by Gasteiger charge is 2.46. The Morgan fingerprint density at radius 1 is 1.06 bits per heavy atom. The van der Waals surface area contributed by atoms with Crippen LogP contribution in [0.4, 0.5) is 0 Å². The van der Waals surface area contributed by atoms with E-state index in [1.165, 1.54) is 17.7 Å². The number of hydrogen-bond acceptors (Lipinski definition) is 5. The molecule has 0 saturated heterocycles. The van der Waals surface area contributed by atoms with Crippen LogP contribution in [0.3, 0.4) is 0 Å². The topological polar surface area (TPSA) is 72.9 Å². The lowest BCUT2D eigenvalue weighted by Gasteiger charge is -2.46. The summed E-state index contributed by atoms with van der Waals surface area (Å²) in [5, 5.41) is 0. The number of rotatable bonds is 2. The number of fused-ring (bicyclic) bond motifs is 3. The van der Waals surface area contributed by atoms with Crippen molar-refractivity contribution in [2.75, 3.05) is 26.0 Å². The average molecular weight is 442 g/mol. The van der Waals surface area contributed by atoms with E-state index in [1.54, 1.807) is 12.1 Å². The van der Waals surface area contributed by atoms with Crippen LogP contribution in [0.2, 0.25) is 0 Å². The molecule has 31 heavy (non-hydrogen) atoms. The molecule has 6 nitrogen and oxygen atoms in total. The van der Waals surface area contributed by atoms with Gasteiger partial charge in [-0.25, -0.2) is 8.42 Å². The fourth-order valence-electron chi connectivity index (χ4n) is 5.38. The van der Waals surface area contributed by atoms with Crippen molar-refractivity contribution in [2.24, 2.45) is 0 Å². The summed E-state index contributed by atoms with van der Waals surface area (Å²) < 4.78 is 35.7. The first-order valence-corrected chi connectivity index (χ1v) is 12.7. The second-order valence-electron chi connectivity index (χ2n) is 8.98. The summed E-state index contributed by atoms with van der Waals surface area (Å²) in [6, 6.07) is 10.4. The summed E-state index contributed by atoms with van der Waals surface area (Å²) in [6.07, 6.45) is 5.48. The third-order valence-electron chi connectivity index (χ3n) is 7.01. The number of ether oxygens (including phenoxy) is 2. The van der Waals surface area contributed by atoms with Gasteiger partial charge in [-0.3, -0.25) is 4.79 Å². The molecule has 1 aliphatic carbocycles. The van der Waals surface area contributed by atoms with Crippen LogP contribution in [0.25, 0.3) is 0 Å². The Kier molecular flexibility index (Phi) is 4.77. The average Bonchev–Trinajstić information content (AvgIpc) is 3.24. The number of benzene rings is 2. The first kappa shape index (κ1) is 20.4. The zero-order chi connectivity index (χ0) is 21.8. The predicted molar refractivity (Wildman–Crippen MR) is 117 cm³/mol. The van der Waals surface area contributed by atoms with Gasteiger partial charge in [-0.2, -0.15) is 0 Å². The van der Waals surface area contributed by atoms with E-state index in [9.17, 15) is 13.2 Å². The fraction of sp³-hybridized carbons (Fsp3) is 0.458. The molecule has 0 radical (unpaired) electrons. The predicted octanol–water partition coefficient (Wildman–Crippen LogP) is 3.89. The van der Waals surface area contributed by atoms with Crippen LogP contribution >= 0.6 is 0 Å². The summed E-state index contributed by atoms with van der Waals surface area (Å²) in [7, 11) is -3.39. The van der Waals surface area contributed by atoms with E-state index < -0.39 is 9.84 Å². The van der Waals surface area contributed by atoms with Crippen molar-refractivity contribution in [1.29, 1.82) is 0 Å². The maximum Gasteiger partial charge on any atom is 0.254 e. The summed E-state index contributed by atoms with van der Waals surface area (Å²) in [6.45, 7) is 3.74. The summed E-state index contributed by atoms with van der Waals surface area (Å²) in [4.78, 5) is 15.7. The molecule has 164 valence electrons. The smallest absolute Gasteiger partial charge is 0.254 e. The zero-order valence-electron chi connectivity index (χ0n) is 17.9. The van der Waals surface area contributed by atoms with E-state index in [2.05, 4.69) is 6.07 Å². The molecule has 7 heteroatoms. The molecule has 1 atom stereocenters. The number of nitrogens with zero attached hydrogens (tertiary/aromatic N) is 1. The van der Waals surface area contributed by atoms with E-state index in [0.29, 0.717) is 25.3 Å². The van der Waals surface area contributed by atoms with Crippen LogP contribution < -0.4 is 9.47 Å². The van der Waals surface area contributed by atoms with Gasteiger partial charge in [0.05, 0.1) is 10.9 Å². The maximum atomic E-state index is 13.6. The van der Waals surface area contributed by atoms with Crippen molar-refractivity contribution in [3.05, 3.63) is 53.1 Å². The molecule has 2 aromatic rings. The van der Waals surface area contributed by atoms with E-state index in [1.807, 2.05) is 17.9 Å². The quantitative estimate of drug-likeness (QED) is 0.707. The van der Waals surface area contributed by atoms with Crippen LogP contribution in [0, 0.1) is 0 Å². The molecule has 2 aliphatic heterocycles. The van der Waals surface area contributed by atoms with E-state index in [-0.39, 0.29) is 22.3 Å². The van der Waals surface area contributed by atoms with Gasteiger partial charge in [0.25, 0.3) is 5.91 Å². The van der Waals surface area contributed by atoms with Crippen molar-refractivity contribution in [1.82, 2.24) is 4.90 Å². The molecule has 0 bridgehead atoms. The van der Waals surface area contributed by atoms with Gasteiger partial charge in [-0.15, -0.1) is 0 Å². The summed E-state index contributed by atoms with van der Waals surface area (Å²) in [5.74, 6) is 1.40. The number of amides is 1. The minimum absolute atomic E-state index is 0.0955. The van der Waals surface area contributed by atoms with Crippen LogP contribution in [-0.4, -0.2) is 45.2 Å². The Morgan fingerprint density at radius 2 is 1.74 bits per heavy atom. The normalized spacial score (nSPS) is 21.7. The Balaban J connectivity index is 1.58. The first-order valence-electron chi connectivity index (χ1n) is 10.8. The lowest BCUT2D eigenvalue weighted by molar-refractivity contribution is 0.0593. The number of carbonyl (C=O) groups excluding carboxylic acids is 1. The molecule has 1 amide bonds. The Labute approximate surface area is 183 Å². The van der Waals surface area contributed by atoms with E-state index in [0.717, 1.165) is 49.0 Å². The van der Waals surface area contributed by atoms with Crippen LogP contribution in [0.1, 0.15) is 60.1 Å². The highest BCUT2D eigenvalue weighted by atomic mass is 32.2. The lowest BCUT2D eigenvalue weighted by atomic mass is 9.71. The van der Waals surface area contributed by atoms with Gasteiger partial charge in [0.15, 0.2) is 21.3 Å². The molecule has 2 heterocycles. The molecule has 2 aromatic carbocycles. The minimum atomic E-state index is -3.39. The second kappa shape index (κ2) is 7.26. The zero-order valence-corrected chi connectivity index (χ0v) is 18.7. The van der Waals surface area contributed by atoms with Crippen molar-refractivity contribution in [3.63, 3.8) is 0 Å². The highest BCUT2D eigenvalue weighted by Crippen LogP contribution is 2.52. The molecule has 0 unspecified atom stereocenters. The molecular formula is C24H27NO5S. The molecule has 1 spiro atoms. The highest BCUT2D eigenvalue weighted by molar-refractivity contribution is 7.90. The SMILES string of the molecule is C[C@@H]1c2cc3c(cc2C2(CCCC2)CN1C(=O)c1cccc(S(C)(=O)=O)c1)OCCO3. The molecule has 0 N–H and O–H groups in total. The standard InChI is InChI=1S/C24H27NO5S/c1-16-19-13-21-22(30-11-10-29-21)14-20(19)24(8-3-4-9-24)15-25(16)23(26)17-6-5-7-18(12-17)31(2,27)28/h5-7,12-14,16H,3-4,8-11,15H2,1-2H3/t16-/m1/s1. The Bertz CT molecular complexity index is 1150. The van der Waals surface area contributed by atoms with E-state index >= 15 is 0 Å². The Hall–Kier alpha value is -2.54. The van der Waals surface area contributed by atoms with Crippen molar-refractivity contribution in [3.8, 4) is 11.5 Å². The second-order valence-corrected chi connectivity index (χ2v) is 11.0. The van der Waals surface area contributed by atoms with Gasteiger partial charge in [0.2, 0.25) is 0 Å². The van der Waals surface area contributed by atoms with Crippen LogP contribution in [0.5, 0.6) is 11.5 Å². The van der Waals surface area contributed by atoms with Gasteiger partial charge in [0.1, 0.15) is 13.2 Å². The van der Waals surface area contributed by atoms with Gasteiger partial charge < -0.3 is 14.4 Å². The largest absolute Gasteiger partial charge is 0.486 e. The van der Waals surface area contributed by atoms with Crippen molar-refractivity contribution in [2.45, 2.75) is 49.0 Å². The number of sulfone groups is 1. The molecule has 3 aliphatic rings. The molecule has 1 saturated carbocycles. The molecule has 1 fully saturated rings. The van der Waals surface area contributed by atoms with E-state index in [4.69, 9.17) is 9.47 Å². The van der Waals surface area contributed by atoms with Crippen LogP contribution in [-0.2, 0) is 15.3 Å².